The van der Waals surface area contributed by atoms with Gasteiger partial charge in [-0.3, -0.25) is 4.98 Å². The van der Waals surface area contributed by atoms with Gasteiger partial charge in [0, 0.05) is 28.9 Å². The number of halogens is 1. The van der Waals surface area contributed by atoms with Gasteiger partial charge < -0.3 is 5.32 Å². The third-order valence-corrected chi connectivity index (χ3v) is 3.08. The van der Waals surface area contributed by atoms with E-state index in [0.29, 0.717) is 5.69 Å². The molecular formula is C16H10FN3. The van der Waals surface area contributed by atoms with Crippen LogP contribution in [0.3, 0.4) is 0 Å². The molecule has 1 aromatic heterocycles. The van der Waals surface area contributed by atoms with E-state index in [0.717, 1.165) is 16.5 Å². The number of rotatable bonds is 2. The quantitative estimate of drug-likeness (QED) is 0.760. The minimum Gasteiger partial charge on any atom is -0.354 e. The number of benzene rings is 2. The summed E-state index contributed by atoms with van der Waals surface area (Å²) >= 11 is 0. The van der Waals surface area contributed by atoms with Gasteiger partial charge in [0.15, 0.2) is 0 Å². The number of pyridine rings is 1. The van der Waals surface area contributed by atoms with Gasteiger partial charge in [-0.1, -0.05) is 18.2 Å². The van der Waals surface area contributed by atoms with Crippen LogP contribution in [0.15, 0.2) is 54.9 Å². The van der Waals surface area contributed by atoms with E-state index in [1.165, 1.54) is 6.07 Å². The highest BCUT2D eigenvalue weighted by atomic mass is 19.1. The van der Waals surface area contributed by atoms with Gasteiger partial charge in [-0.15, -0.1) is 0 Å². The highest BCUT2D eigenvalue weighted by molar-refractivity contribution is 5.95. The van der Waals surface area contributed by atoms with Crippen molar-refractivity contribution in [1.29, 1.82) is 5.26 Å². The molecule has 20 heavy (non-hydrogen) atoms. The van der Waals surface area contributed by atoms with E-state index in [9.17, 15) is 4.39 Å². The molecule has 0 bridgehead atoms. The molecular weight excluding hydrogens is 253 g/mol. The fourth-order valence-electron chi connectivity index (χ4n) is 2.12. The molecule has 3 nitrogen and oxygen atoms in total. The Morgan fingerprint density at radius 2 is 1.85 bits per heavy atom. The minimum absolute atomic E-state index is 0.0126. The first kappa shape index (κ1) is 12.1. The SMILES string of the molecule is N#Cc1c(F)cccc1Nc1cccc2cnccc12. The van der Waals surface area contributed by atoms with E-state index in [4.69, 9.17) is 5.26 Å². The normalized spacial score (nSPS) is 10.2. The largest absolute Gasteiger partial charge is 0.354 e. The molecule has 3 rings (SSSR count). The van der Waals surface area contributed by atoms with Gasteiger partial charge in [0.05, 0.1) is 5.69 Å². The van der Waals surface area contributed by atoms with E-state index in [-0.39, 0.29) is 5.56 Å². The zero-order valence-corrected chi connectivity index (χ0v) is 10.5. The fourth-order valence-corrected chi connectivity index (χ4v) is 2.12. The van der Waals surface area contributed by atoms with Crippen LogP contribution in [0.1, 0.15) is 5.56 Å². The molecule has 0 aliphatic carbocycles. The number of aromatic nitrogens is 1. The zero-order chi connectivity index (χ0) is 13.9. The summed E-state index contributed by atoms with van der Waals surface area (Å²) in [5.41, 5.74) is 1.28. The highest BCUT2D eigenvalue weighted by Crippen LogP contribution is 2.28. The average Bonchev–Trinajstić information content (AvgIpc) is 2.48. The summed E-state index contributed by atoms with van der Waals surface area (Å²) < 4.78 is 13.6. The van der Waals surface area contributed by atoms with Gasteiger partial charge in [0.2, 0.25) is 0 Å². The van der Waals surface area contributed by atoms with E-state index in [2.05, 4.69) is 10.3 Å². The molecule has 0 radical (unpaired) electrons. The molecule has 0 unspecified atom stereocenters. The van der Waals surface area contributed by atoms with Crippen molar-refractivity contribution in [2.24, 2.45) is 0 Å². The molecule has 4 heteroatoms. The van der Waals surface area contributed by atoms with E-state index in [1.807, 2.05) is 30.3 Å². The Balaban J connectivity index is 2.11. The number of nitrogens with zero attached hydrogens (tertiary/aromatic N) is 2. The topological polar surface area (TPSA) is 48.7 Å². The summed E-state index contributed by atoms with van der Waals surface area (Å²) in [7, 11) is 0. The van der Waals surface area contributed by atoms with Crippen molar-refractivity contribution in [2.45, 2.75) is 0 Å². The van der Waals surface area contributed by atoms with Gasteiger partial charge in [-0.25, -0.2) is 4.39 Å². The van der Waals surface area contributed by atoms with Crippen molar-refractivity contribution in [3.05, 3.63) is 66.2 Å². The van der Waals surface area contributed by atoms with Crippen molar-refractivity contribution in [2.75, 3.05) is 5.32 Å². The van der Waals surface area contributed by atoms with Crippen LogP contribution in [0, 0.1) is 17.1 Å². The van der Waals surface area contributed by atoms with Gasteiger partial charge in [-0.2, -0.15) is 5.26 Å². The molecule has 96 valence electrons. The first-order valence-electron chi connectivity index (χ1n) is 6.08. The number of anilines is 2. The van der Waals surface area contributed by atoms with Crippen LogP contribution >= 0.6 is 0 Å². The number of nitrogens with one attached hydrogen (secondary N) is 1. The van der Waals surface area contributed by atoms with Gasteiger partial charge in [-0.05, 0) is 24.3 Å². The first-order valence-corrected chi connectivity index (χ1v) is 6.08. The van der Waals surface area contributed by atoms with Crippen LogP contribution in [0.2, 0.25) is 0 Å². The molecule has 0 saturated heterocycles. The number of hydrogen-bond acceptors (Lipinski definition) is 3. The second kappa shape index (κ2) is 4.98. The third kappa shape index (κ3) is 2.06. The third-order valence-electron chi connectivity index (χ3n) is 3.08. The predicted octanol–water partition coefficient (Wildman–Crippen LogP) is 3.99. The Morgan fingerprint density at radius 1 is 1.05 bits per heavy atom. The summed E-state index contributed by atoms with van der Waals surface area (Å²) in [6.45, 7) is 0. The Kier molecular flexibility index (Phi) is 3.02. The minimum atomic E-state index is -0.528. The fraction of sp³-hybridized carbons (Fsp3) is 0. The molecule has 3 aromatic rings. The van der Waals surface area contributed by atoms with E-state index < -0.39 is 5.82 Å². The molecule has 0 spiro atoms. The lowest BCUT2D eigenvalue weighted by Crippen LogP contribution is -1.96. The van der Waals surface area contributed by atoms with Crippen LogP contribution in [0.4, 0.5) is 15.8 Å². The Hall–Kier alpha value is -2.93. The average molecular weight is 263 g/mol. The lowest BCUT2D eigenvalue weighted by molar-refractivity contribution is 0.624. The summed E-state index contributed by atoms with van der Waals surface area (Å²) in [6, 6.07) is 14.0. The van der Waals surface area contributed by atoms with Crippen LogP contribution in [0.25, 0.3) is 10.8 Å². The number of fused-ring (bicyclic) bond motifs is 1. The van der Waals surface area contributed by atoms with Gasteiger partial charge in [0.25, 0.3) is 0 Å². The Labute approximate surface area is 115 Å². The predicted molar refractivity (Wildman–Crippen MR) is 76.1 cm³/mol. The molecule has 0 aliphatic heterocycles. The summed E-state index contributed by atoms with van der Waals surface area (Å²) in [6.07, 6.45) is 3.46. The van der Waals surface area contributed by atoms with Crippen LogP contribution in [-0.4, -0.2) is 4.98 Å². The lowest BCUT2D eigenvalue weighted by atomic mass is 10.1. The second-order valence-electron chi connectivity index (χ2n) is 4.30. The van der Waals surface area contributed by atoms with E-state index in [1.54, 1.807) is 24.5 Å². The molecule has 0 fully saturated rings. The maximum absolute atomic E-state index is 13.6. The van der Waals surface area contributed by atoms with Gasteiger partial charge in [0.1, 0.15) is 17.4 Å². The summed E-state index contributed by atoms with van der Waals surface area (Å²) in [5.74, 6) is -0.528. The number of hydrogen-bond donors (Lipinski definition) is 1. The molecule has 0 aliphatic rings. The van der Waals surface area contributed by atoms with Crippen molar-refractivity contribution < 1.29 is 4.39 Å². The zero-order valence-electron chi connectivity index (χ0n) is 10.5. The molecule has 1 N–H and O–H groups in total. The maximum Gasteiger partial charge on any atom is 0.143 e. The van der Waals surface area contributed by atoms with Crippen LogP contribution < -0.4 is 5.32 Å². The molecule has 1 heterocycles. The Bertz CT molecular complexity index is 816. The molecule has 0 atom stereocenters. The highest BCUT2D eigenvalue weighted by Gasteiger charge is 2.09. The monoisotopic (exact) mass is 263 g/mol. The van der Waals surface area contributed by atoms with Crippen molar-refractivity contribution in [1.82, 2.24) is 4.98 Å². The first-order chi connectivity index (χ1) is 9.79. The lowest BCUT2D eigenvalue weighted by Gasteiger charge is -2.11. The van der Waals surface area contributed by atoms with Crippen molar-refractivity contribution in [3.63, 3.8) is 0 Å². The molecule has 0 saturated carbocycles. The maximum atomic E-state index is 13.6. The van der Waals surface area contributed by atoms with E-state index >= 15 is 0 Å². The van der Waals surface area contributed by atoms with Crippen LogP contribution in [0.5, 0.6) is 0 Å². The van der Waals surface area contributed by atoms with Crippen LogP contribution in [-0.2, 0) is 0 Å². The molecule has 0 amide bonds. The Morgan fingerprint density at radius 3 is 2.70 bits per heavy atom. The molecule has 2 aromatic carbocycles. The van der Waals surface area contributed by atoms with Crippen molar-refractivity contribution in [3.8, 4) is 6.07 Å². The summed E-state index contributed by atoms with van der Waals surface area (Å²) in [4.78, 5) is 4.07. The standard InChI is InChI=1S/C16H10FN3/c17-14-4-2-6-16(13(14)9-18)20-15-5-1-3-11-10-19-8-7-12(11)15/h1-8,10,20H. The number of nitriles is 1. The summed E-state index contributed by atoms with van der Waals surface area (Å²) in [5, 5.41) is 14.1. The van der Waals surface area contributed by atoms with Crippen molar-refractivity contribution >= 4 is 22.1 Å². The smallest absolute Gasteiger partial charge is 0.143 e. The van der Waals surface area contributed by atoms with Gasteiger partial charge >= 0.3 is 0 Å². The second-order valence-corrected chi connectivity index (χ2v) is 4.30.